The van der Waals surface area contributed by atoms with Crippen molar-refractivity contribution in [3.05, 3.63) is 35.9 Å². The summed E-state index contributed by atoms with van der Waals surface area (Å²) in [5.41, 5.74) is 0.719. The molecule has 130 valence electrons. The molecule has 1 aromatic carbocycles. The summed E-state index contributed by atoms with van der Waals surface area (Å²) < 4.78 is 5.50. The number of ether oxygens (including phenoxy) is 1. The molecule has 1 aliphatic rings. The van der Waals surface area contributed by atoms with Gasteiger partial charge in [0.25, 0.3) is 0 Å². The zero-order chi connectivity index (χ0) is 17.1. The van der Waals surface area contributed by atoms with Crippen LogP contribution in [0.15, 0.2) is 30.3 Å². The molecule has 0 aromatic heterocycles. The first-order valence-electron chi connectivity index (χ1n) is 7.64. The molecule has 0 radical (unpaired) electrons. The van der Waals surface area contributed by atoms with Gasteiger partial charge in [-0.3, -0.25) is 4.90 Å². The lowest BCUT2D eigenvalue weighted by atomic mass is 9.96. The maximum atomic E-state index is 10.5. The zero-order valence-corrected chi connectivity index (χ0v) is 13.2. The zero-order valence-electron chi connectivity index (χ0n) is 13.2. The molecule has 23 heavy (non-hydrogen) atoms. The molecule has 0 bridgehead atoms. The van der Waals surface area contributed by atoms with Crippen molar-refractivity contribution < 1.29 is 30.3 Å². The quantitative estimate of drug-likeness (QED) is 0.463. The van der Waals surface area contributed by atoms with Crippen molar-refractivity contribution in [2.75, 3.05) is 13.7 Å². The summed E-state index contributed by atoms with van der Waals surface area (Å²) in [6, 6.07) is 8.64. The second kappa shape index (κ2) is 7.67. The standard InChI is InChI=1S/C16H25NO6/c1-9(12(19)10-6-4-3-5-7-10)17(2)16-15(22)14(21)13(20)11(8-18)23-16/h3-7,9,11-16,18-22H,8H2,1-2H3/t9-,11+,12+,13+,14-,15+,16+/m0/s1. The summed E-state index contributed by atoms with van der Waals surface area (Å²) in [6.07, 6.45) is -6.94. The lowest BCUT2D eigenvalue weighted by Crippen LogP contribution is -2.64. The first-order valence-corrected chi connectivity index (χ1v) is 7.64. The van der Waals surface area contributed by atoms with E-state index in [1.807, 2.05) is 18.2 Å². The van der Waals surface area contributed by atoms with E-state index >= 15 is 0 Å². The van der Waals surface area contributed by atoms with E-state index in [9.17, 15) is 25.5 Å². The molecule has 0 saturated carbocycles. The molecule has 0 aliphatic carbocycles. The highest BCUT2D eigenvalue weighted by Crippen LogP contribution is 2.27. The van der Waals surface area contributed by atoms with Gasteiger partial charge in [-0.05, 0) is 19.5 Å². The second-order valence-corrected chi connectivity index (χ2v) is 5.98. The smallest absolute Gasteiger partial charge is 0.140 e. The van der Waals surface area contributed by atoms with Gasteiger partial charge in [0.05, 0.1) is 12.7 Å². The predicted molar refractivity (Wildman–Crippen MR) is 82.4 cm³/mol. The lowest BCUT2D eigenvalue weighted by Gasteiger charge is -2.45. The van der Waals surface area contributed by atoms with Crippen molar-refractivity contribution in [2.45, 2.75) is 49.7 Å². The van der Waals surface area contributed by atoms with E-state index < -0.39 is 49.4 Å². The van der Waals surface area contributed by atoms with Crippen LogP contribution in [0.2, 0.25) is 0 Å². The number of hydrogen-bond acceptors (Lipinski definition) is 7. The topological polar surface area (TPSA) is 114 Å². The van der Waals surface area contributed by atoms with Gasteiger partial charge in [0.15, 0.2) is 0 Å². The van der Waals surface area contributed by atoms with Gasteiger partial charge >= 0.3 is 0 Å². The van der Waals surface area contributed by atoms with Crippen molar-refractivity contribution in [1.82, 2.24) is 4.90 Å². The molecule has 5 N–H and O–H groups in total. The number of rotatable bonds is 5. The molecule has 1 saturated heterocycles. The number of aliphatic hydroxyl groups is 5. The lowest BCUT2D eigenvalue weighted by molar-refractivity contribution is -0.269. The first kappa shape index (κ1) is 18.3. The third-order valence-electron chi connectivity index (χ3n) is 4.51. The summed E-state index contributed by atoms with van der Waals surface area (Å²) in [5.74, 6) is 0. The maximum absolute atomic E-state index is 10.5. The molecular weight excluding hydrogens is 302 g/mol. The van der Waals surface area contributed by atoms with Gasteiger partial charge in [0, 0.05) is 6.04 Å². The minimum Gasteiger partial charge on any atom is -0.394 e. The fraction of sp³-hybridized carbons (Fsp3) is 0.625. The Morgan fingerprint density at radius 1 is 1.09 bits per heavy atom. The number of benzene rings is 1. The van der Waals surface area contributed by atoms with Gasteiger partial charge in [-0.1, -0.05) is 30.3 Å². The summed E-state index contributed by atoms with van der Waals surface area (Å²) in [6.45, 7) is 1.28. The van der Waals surface area contributed by atoms with Gasteiger partial charge in [-0.25, -0.2) is 0 Å². The van der Waals surface area contributed by atoms with E-state index in [2.05, 4.69) is 0 Å². The van der Waals surface area contributed by atoms with Crippen LogP contribution in [0.3, 0.4) is 0 Å². The average Bonchev–Trinajstić information content (AvgIpc) is 2.59. The van der Waals surface area contributed by atoms with Crippen molar-refractivity contribution in [2.24, 2.45) is 0 Å². The molecule has 0 amide bonds. The largest absolute Gasteiger partial charge is 0.394 e. The van der Waals surface area contributed by atoms with Crippen LogP contribution in [0.1, 0.15) is 18.6 Å². The Labute approximate surface area is 135 Å². The van der Waals surface area contributed by atoms with E-state index in [1.54, 1.807) is 31.0 Å². The monoisotopic (exact) mass is 327 g/mol. The van der Waals surface area contributed by atoms with Crippen molar-refractivity contribution in [1.29, 1.82) is 0 Å². The molecule has 7 nitrogen and oxygen atoms in total. The van der Waals surface area contributed by atoms with Crippen LogP contribution in [0, 0.1) is 0 Å². The molecule has 1 heterocycles. The Bertz CT molecular complexity index is 485. The van der Waals surface area contributed by atoms with E-state index in [0.717, 1.165) is 5.56 Å². The Kier molecular flexibility index (Phi) is 6.10. The SMILES string of the molecule is C[C@@H]([C@@H](O)c1ccccc1)N(C)[C@@H]1O[C@H](CO)[C@@H](O)[C@H](O)[C@H]1O. The summed E-state index contributed by atoms with van der Waals surface area (Å²) in [7, 11) is 1.64. The molecule has 7 heteroatoms. The fourth-order valence-electron chi connectivity index (χ4n) is 2.80. The summed E-state index contributed by atoms with van der Waals surface area (Å²) in [5, 5.41) is 49.6. The van der Waals surface area contributed by atoms with E-state index in [1.165, 1.54) is 0 Å². The normalized spacial score (nSPS) is 34.3. The highest BCUT2D eigenvalue weighted by Gasteiger charge is 2.46. The Morgan fingerprint density at radius 3 is 2.26 bits per heavy atom. The fourth-order valence-corrected chi connectivity index (χ4v) is 2.80. The summed E-state index contributed by atoms with van der Waals surface area (Å²) in [4.78, 5) is 1.58. The molecule has 1 aliphatic heterocycles. The number of nitrogens with zero attached hydrogens (tertiary/aromatic N) is 1. The molecule has 7 atom stereocenters. The molecule has 1 fully saturated rings. The third kappa shape index (κ3) is 3.72. The van der Waals surface area contributed by atoms with Crippen LogP contribution in [0.25, 0.3) is 0 Å². The van der Waals surface area contributed by atoms with E-state index in [4.69, 9.17) is 4.74 Å². The molecular formula is C16H25NO6. The van der Waals surface area contributed by atoms with Gasteiger partial charge in [0.2, 0.25) is 0 Å². The average molecular weight is 327 g/mol. The molecule has 0 unspecified atom stereocenters. The van der Waals surface area contributed by atoms with Crippen LogP contribution in [0.5, 0.6) is 0 Å². The molecule has 2 rings (SSSR count). The van der Waals surface area contributed by atoms with Gasteiger partial charge in [-0.15, -0.1) is 0 Å². The van der Waals surface area contributed by atoms with Crippen LogP contribution < -0.4 is 0 Å². The number of hydrogen-bond donors (Lipinski definition) is 5. The number of likely N-dealkylation sites (N-methyl/N-ethyl adjacent to an activating group) is 1. The van der Waals surface area contributed by atoms with Crippen LogP contribution >= 0.6 is 0 Å². The Hall–Kier alpha value is -1.06. The van der Waals surface area contributed by atoms with Crippen molar-refractivity contribution in [3.63, 3.8) is 0 Å². The van der Waals surface area contributed by atoms with Gasteiger partial charge < -0.3 is 30.3 Å². The third-order valence-corrected chi connectivity index (χ3v) is 4.51. The van der Waals surface area contributed by atoms with E-state index in [0.29, 0.717) is 0 Å². The Morgan fingerprint density at radius 2 is 1.70 bits per heavy atom. The highest BCUT2D eigenvalue weighted by atomic mass is 16.6. The number of aliphatic hydroxyl groups excluding tert-OH is 5. The maximum Gasteiger partial charge on any atom is 0.140 e. The minimum atomic E-state index is -1.44. The van der Waals surface area contributed by atoms with Crippen LogP contribution in [-0.4, -0.2) is 80.8 Å². The van der Waals surface area contributed by atoms with Crippen molar-refractivity contribution in [3.8, 4) is 0 Å². The second-order valence-electron chi connectivity index (χ2n) is 5.98. The minimum absolute atomic E-state index is 0.432. The van der Waals surface area contributed by atoms with Crippen molar-refractivity contribution >= 4 is 0 Å². The Balaban J connectivity index is 2.13. The van der Waals surface area contributed by atoms with Crippen LogP contribution in [-0.2, 0) is 4.74 Å². The summed E-state index contributed by atoms with van der Waals surface area (Å²) >= 11 is 0. The van der Waals surface area contributed by atoms with E-state index in [-0.39, 0.29) is 0 Å². The van der Waals surface area contributed by atoms with Crippen LogP contribution in [0.4, 0.5) is 0 Å². The highest BCUT2D eigenvalue weighted by molar-refractivity contribution is 5.18. The van der Waals surface area contributed by atoms with Gasteiger partial charge in [0.1, 0.15) is 30.6 Å². The first-order chi connectivity index (χ1) is 10.9. The van der Waals surface area contributed by atoms with Gasteiger partial charge in [-0.2, -0.15) is 0 Å². The molecule has 1 aromatic rings. The molecule has 0 spiro atoms. The predicted octanol–water partition coefficient (Wildman–Crippen LogP) is -1.16.